The highest BCUT2D eigenvalue weighted by atomic mass is 16.5. The molecule has 30 heavy (non-hydrogen) atoms. The normalized spacial score (nSPS) is 12.7. The van der Waals surface area contributed by atoms with Gasteiger partial charge in [-0.05, 0) is 36.8 Å². The molecule has 1 N–H and O–H groups in total. The summed E-state index contributed by atoms with van der Waals surface area (Å²) in [5.74, 6) is 0.742. The number of anilines is 1. The van der Waals surface area contributed by atoms with Crippen LogP contribution in [0.25, 0.3) is 11.0 Å². The van der Waals surface area contributed by atoms with Gasteiger partial charge in [-0.2, -0.15) is 5.26 Å². The maximum atomic E-state index is 13.2. The van der Waals surface area contributed by atoms with Crippen LogP contribution in [-0.4, -0.2) is 17.9 Å². The Morgan fingerprint density at radius 3 is 2.43 bits per heavy atom. The van der Waals surface area contributed by atoms with Crippen LogP contribution in [0.15, 0.2) is 77.3 Å². The molecule has 0 radical (unpaired) electrons. The van der Waals surface area contributed by atoms with E-state index in [-0.39, 0.29) is 5.78 Å². The number of nitrogens with one attached hydrogen (secondary N) is 1. The highest BCUT2D eigenvalue weighted by Gasteiger charge is 2.40. The first-order valence-electron chi connectivity index (χ1n) is 9.36. The number of para-hydroxylation sites is 1. The third-order valence-electron chi connectivity index (χ3n) is 5.09. The minimum Gasteiger partial charge on any atom is -0.481 e. The second-order valence-corrected chi connectivity index (χ2v) is 6.86. The van der Waals surface area contributed by atoms with Crippen molar-refractivity contribution in [3.8, 4) is 11.9 Å². The molecule has 0 bridgehead atoms. The second-order valence-electron chi connectivity index (χ2n) is 6.86. The molecule has 0 saturated heterocycles. The van der Waals surface area contributed by atoms with E-state index < -0.39 is 5.54 Å². The van der Waals surface area contributed by atoms with Gasteiger partial charge in [0.05, 0.1) is 18.7 Å². The van der Waals surface area contributed by atoms with E-state index in [4.69, 9.17) is 14.4 Å². The lowest BCUT2D eigenvalue weighted by Gasteiger charge is -2.33. The van der Waals surface area contributed by atoms with Gasteiger partial charge in [0, 0.05) is 29.3 Å². The van der Waals surface area contributed by atoms with Gasteiger partial charge in [0.25, 0.3) is 0 Å². The Bertz CT molecular complexity index is 1200. The maximum Gasteiger partial charge on any atom is 0.212 e. The standard InChI is InChI=1S/C24H19N3O3/c1-16(28)24(19-9-7-17(14-25)8-10-19,20-11-12-22(29-2)26-15-20)27-23-13-18-5-3-4-6-21(18)30-23/h3-13,15,27H,1-2H3. The molecule has 2 aromatic heterocycles. The van der Waals surface area contributed by atoms with Crippen molar-refractivity contribution < 1.29 is 13.9 Å². The summed E-state index contributed by atoms with van der Waals surface area (Å²) in [5, 5.41) is 13.4. The predicted octanol–water partition coefficient (Wildman–Crippen LogP) is 4.65. The molecule has 0 amide bonds. The van der Waals surface area contributed by atoms with Crippen LogP contribution in [0.3, 0.4) is 0 Å². The van der Waals surface area contributed by atoms with E-state index in [0.717, 1.165) is 5.39 Å². The topological polar surface area (TPSA) is 88.1 Å². The Balaban J connectivity index is 1.90. The summed E-state index contributed by atoms with van der Waals surface area (Å²) in [4.78, 5) is 17.5. The van der Waals surface area contributed by atoms with E-state index in [0.29, 0.717) is 34.0 Å². The molecule has 4 rings (SSSR count). The molecular formula is C24H19N3O3. The quantitative estimate of drug-likeness (QED) is 0.509. The highest BCUT2D eigenvalue weighted by molar-refractivity contribution is 5.95. The molecule has 2 aromatic carbocycles. The van der Waals surface area contributed by atoms with E-state index in [1.54, 1.807) is 42.6 Å². The predicted molar refractivity (Wildman–Crippen MR) is 113 cm³/mol. The second kappa shape index (κ2) is 7.72. The lowest BCUT2D eigenvalue weighted by Crippen LogP contribution is -2.43. The number of ether oxygens (including phenoxy) is 1. The fourth-order valence-corrected chi connectivity index (χ4v) is 3.55. The molecule has 0 spiro atoms. The zero-order valence-corrected chi connectivity index (χ0v) is 16.5. The van der Waals surface area contributed by atoms with E-state index in [9.17, 15) is 4.79 Å². The number of pyridine rings is 1. The number of rotatable bonds is 6. The van der Waals surface area contributed by atoms with Gasteiger partial charge in [0.15, 0.2) is 17.2 Å². The third kappa shape index (κ3) is 3.27. The molecule has 1 unspecified atom stereocenters. The van der Waals surface area contributed by atoms with Crippen molar-refractivity contribution in [3.05, 3.63) is 89.6 Å². The van der Waals surface area contributed by atoms with Crippen molar-refractivity contribution >= 4 is 22.6 Å². The Morgan fingerprint density at radius 2 is 1.83 bits per heavy atom. The van der Waals surface area contributed by atoms with E-state index in [1.807, 2.05) is 30.3 Å². The zero-order valence-electron chi connectivity index (χ0n) is 16.5. The summed E-state index contributed by atoms with van der Waals surface area (Å²) in [5.41, 5.74) is 1.25. The zero-order chi connectivity index (χ0) is 21.1. The van der Waals surface area contributed by atoms with Crippen LogP contribution in [0.2, 0.25) is 0 Å². The van der Waals surface area contributed by atoms with Crippen LogP contribution >= 0.6 is 0 Å². The first-order chi connectivity index (χ1) is 14.6. The van der Waals surface area contributed by atoms with Crippen LogP contribution in [-0.2, 0) is 10.3 Å². The Kier molecular flexibility index (Phi) is 4.95. The van der Waals surface area contributed by atoms with Crippen molar-refractivity contribution in [1.29, 1.82) is 5.26 Å². The molecule has 4 aromatic rings. The largest absolute Gasteiger partial charge is 0.481 e. The minimum absolute atomic E-state index is 0.153. The number of carbonyl (C=O) groups excluding carboxylic acids is 1. The van der Waals surface area contributed by atoms with Gasteiger partial charge in [-0.1, -0.05) is 30.3 Å². The smallest absolute Gasteiger partial charge is 0.212 e. The van der Waals surface area contributed by atoms with Gasteiger partial charge >= 0.3 is 0 Å². The van der Waals surface area contributed by atoms with E-state index in [2.05, 4.69) is 16.4 Å². The molecular weight excluding hydrogens is 378 g/mol. The maximum absolute atomic E-state index is 13.2. The number of methoxy groups -OCH3 is 1. The molecule has 0 aliphatic rings. The average molecular weight is 397 g/mol. The number of benzene rings is 2. The molecule has 6 nitrogen and oxygen atoms in total. The molecule has 148 valence electrons. The van der Waals surface area contributed by atoms with Gasteiger partial charge in [0.2, 0.25) is 5.88 Å². The van der Waals surface area contributed by atoms with Gasteiger partial charge in [-0.15, -0.1) is 0 Å². The first kappa shape index (κ1) is 19.2. The number of nitriles is 1. The monoisotopic (exact) mass is 397 g/mol. The summed E-state index contributed by atoms with van der Waals surface area (Å²) in [6.45, 7) is 1.51. The van der Waals surface area contributed by atoms with E-state index >= 15 is 0 Å². The Labute approximate surface area is 173 Å². The van der Waals surface area contributed by atoms with Crippen LogP contribution in [0.1, 0.15) is 23.6 Å². The number of hydrogen-bond donors (Lipinski definition) is 1. The van der Waals surface area contributed by atoms with E-state index in [1.165, 1.54) is 14.0 Å². The lowest BCUT2D eigenvalue weighted by atomic mass is 9.80. The highest BCUT2D eigenvalue weighted by Crippen LogP contribution is 2.37. The van der Waals surface area contributed by atoms with Crippen molar-refractivity contribution in [2.45, 2.75) is 12.5 Å². The van der Waals surface area contributed by atoms with Crippen LogP contribution in [0.4, 0.5) is 5.88 Å². The summed E-state index contributed by atoms with van der Waals surface area (Å²) < 4.78 is 11.1. The molecule has 2 heterocycles. The fraction of sp³-hybridized carbons (Fsp3) is 0.125. The number of fused-ring (bicyclic) bond motifs is 1. The fourth-order valence-electron chi connectivity index (χ4n) is 3.55. The number of aromatic nitrogens is 1. The summed E-state index contributed by atoms with van der Waals surface area (Å²) in [6, 6.07) is 22.0. The molecule has 0 saturated carbocycles. The van der Waals surface area contributed by atoms with Crippen molar-refractivity contribution in [1.82, 2.24) is 4.98 Å². The Hall–Kier alpha value is -4.11. The molecule has 0 fully saturated rings. The number of Topliss-reactive ketones (excluding diaryl/α,β-unsaturated/α-hetero) is 1. The minimum atomic E-state index is -1.26. The Morgan fingerprint density at radius 1 is 1.10 bits per heavy atom. The lowest BCUT2D eigenvalue weighted by molar-refractivity contribution is -0.120. The summed E-state index contributed by atoms with van der Waals surface area (Å²) in [6.07, 6.45) is 1.61. The van der Waals surface area contributed by atoms with Gasteiger partial charge < -0.3 is 14.5 Å². The van der Waals surface area contributed by atoms with Crippen molar-refractivity contribution in [2.24, 2.45) is 0 Å². The molecule has 6 heteroatoms. The SMILES string of the molecule is COc1ccc(C(Nc2cc3ccccc3o2)(C(C)=O)c2ccc(C#N)cc2)cn1. The first-order valence-corrected chi connectivity index (χ1v) is 9.36. The van der Waals surface area contributed by atoms with Gasteiger partial charge in [-0.3, -0.25) is 4.79 Å². The van der Waals surface area contributed by atoms with Crippen molar-refractivity contribution in [2.75, 3.05) is 12.4 Å². The summed E-state index contributed by atoms with van der Waals surface area (Å²) >= 11 is 0. The van der Waals surface area contributed by atoms with Gasteiger partial charge in [0.1, 0.15) is 5.58 Å². The third-order valence-corrected chi connectivity index (χ3v) is 5.09. The van der Waals surface area contributed by atoms with Gasteiger partial charge in [-0.25, -0.2) is 4.98 Å². The van der Waals surface area contributed by atoms with Crippen LogP contribution in [0, 0.1) is 11.3 Å². The average Bonchev–Trinajstić information content (AvgIpc) is 3.20. The van der Waals surface area contributed by atoms with Crippen molar-refractivity contribution in [3.63, 3.8) is 0 Å². The van der Waals surface area contributed by atoms with Crippen LogP contribution in [0.5, 0.6) is 5.88 Å². The number of hydrogen-bond acceptors (Lipinski definition) is 6. The summed E-state index contributed by atoms with van der Waals surface area (Å²) in [7, 11) is 1.54. The molecule has 0 aliphatic carbocycles. The molecule has 0 aliphatic heterocycles. The number of furan rings is 1. The number of nitrogens with zero attached hydrogens (tertiary/aromatic N) is 2. The number of ketones is 1. The van der Waals surface area contributed by atoms with Crippen LogP contribution < -0.4 is 10.1 Å². The molecule has 1 atom stereocenters. The number of carbonyl (C=O) groups is 1.